The molecule has 0 amide bonds. The van der Waals surface area contributed by atoms with Crippen LogP contribution in [0.4, 0.5) is 11.4 Å². The normalized spacial score (nSPS) is 10.6. The van der Waals surface area contributed by atoms with Gasteiger partial charge in [0.25, 0.3) is 0 Å². The summed E-state index contributed by atoms with van der Waals surface area (Å²) in [5.74, 6) is 0.348. The molecule has 0 unspecified atom stereocenters. The van der Waals surface area contributed by atoms with Crippen molar-refractivity contribution in [3.05, 3.63) is 72.3 Å². The smallest absolute Gasteiger partial charge is 0.330 e. The molecule has 0 spiro atoms. The van der Waals surface area contributed by atoms with E-state index in [0.717, 1.165) is 16.9 Å². The van der Waals surface area contributed by atoms with E-state index in [0.29, 0.717) is 17.0 Å². The second kappa shape index (κ2) is 11.4. The molecule has 176 valence electrons. The van der Waals surface area contributed by atoms with Crippen LogP contribution in [-0.2, 0) is 14.3 Å². The summed E-state index contributed by atoms with van der Waals surface area (Å²) in [6.07, 6.45) is 2.73. The molecule has 0 aliphatic heterocycles. The highest BCUT2D eigenvalue weighted by Crippen LogP contribution is 2.29. The first-order valence-corrected chi connectivity index (χ1v) is 10.4. The molecule has 3 rings (SSSR count). The van der Waals surface area contributed by atoms with Gasteiger partial charge in [0.2, 0.25) is 0 Å². The van der Waals surface area contributed by atoms with Crippen molar-refractivity contribution >= 4 is 29.4 Å². The number of methoxy groups -OCH3 is 2. The number of anilines is 2. The number of carbonyl (C=O) groups excluding carboxylic acids is 2. The molecule has 0 fully saturated rings. The molecule has 8 heteroatoms. The van der Waals surface area contributed by atoms with Gasteiger partial charge in [-0.05, 0) is 47.5 Å². The van der Waals surface area contributed by atoms with E-state index in [1.807, 2.05) is 42.5 Å². The van der Waals surface area contributed by atoms with E-state index in [1.165, 1.54) is 12.1 Å². The van der Waals surface area contributed by atoms with Crippen molar-refractivity contribution in [2.75, 3.05) is 32.3 Å². The number of ether oxygens (including phenoxy) is 4. The van der Waals surface area contributed by atoms with Gasteiger partial charge in [-0.15, -0.1) is 0 Å². The fourth-order valence-electron chi connectivity index (χ4n) is 3.07. The van der Waals surface area contributed by atoms with Gasteiger partial charge in [0.15, 0.2) is 5.75 Å². The number of hydrogen-bond acceptors (Lipinski definition) is 8. The summed E-state index contributed by atoms with van der Waals surface area (Å²) in [6.45, 7) is -0.141. The Kier molecular flexibility index (Phi) is 8.12. The van der Waals surface area contributed by atoms with Crippen LogP contribution >= 0.6 is 0 Å². The van der Waals surface area contributed by atoms with E-state index in [4.69, 9.17) is 30.4 Å². The van der Waals surface area contributed by atoms with Crippen LogP contribution in [0.25, 0.3) is 17.2 Å². The Balaban J connectivity index is 1.54. The van der Waals surface area contributed by atoms with Gasteiger partial charge in [0.05, 0.1) is 26.3 Å². The van der Waals surface area contributed by atoms with Gasteiger partial charge in [-0.1, -0.05) is 24.3 Å². The average molecular weight is 463 g/mol. The second-order valence-corrected chi connectivity index (χ2v) is 7.21. The molecule has 3 aromatic carbocycles. The lowest BCUT2D eigenvalue weighted by molar-refractivity contribution is -0.141. The Morgan fingerprint density at radius 1 is 0.853 bits per heavy atom. The molecule has 0 saturated carbocycles. The van der Waals surface area contributed by atoms with Gasteiger partial charge in [-0.2, -0.15) is 0 Å². The maximum atomic E-state index is 12.1. The zero-order valence-electron chi connectivity index (χ0n) is 18.9. The van der Waals surface area contributed by atoms with Crippen LogP contribution < -0.4 is 25.7 Å². The van der Waals surface area contributed by atoms with Crippen LogP contribution in [0.3, 0.4) is 0 Å². The highest BCUT2D eigenvalue weighted by atomic mass is 16.5. The van der Waals surface area contributed by atoms with Gasteiger partial charge < -0.3 is 30.4 Å². The Hall–Kier alpha value is -4.46. The fraction of sp³-hybridized carbons (Fsp3) is 0.154. The average Bonchev–Trinajstić information content (AvgIpc) is 2.85. The number of benzene rings is 3. The Morgan fingerprint density at radius 3 is 2.29 bits per heavy atom. The number of carbonyl (C=O) groups is 2. The lowest BCUT2D eigenvalue weighted by Crippen LogP contribution is -2.14. The molecule has 0 aromatic heterocycles. The summed E-state index contributed by atoms with van der Waals surface area (Å²) in [6, 6.07) is 17.9. The summed E-state index contributed by atoms with van der Waals surface area (Å²) in [5, 5.41) is 0. The van der Waals surface area contributed by atoms with Crippen LogP contribution in [-0.4, -0.2) is 32.8 Å². The van der Waals surface area contributed by atoms with Crippen molar-refractivity contribution in [1.29, 1.82) is 0 Å². The number of nitrogens with two attached hydrogens (primary N) is 2. The summed E-state index contributed by atoms with van der Waals surface area (Å²) in [7, 11) is 3.18. The van der Waals surface area contributed by atoms with Gasteiger partial charge in [-0.3, -0.25) is 4.79 Å². The van der Waals surface area contributed by atoms with Crippen molar-refractivity contribution in [2.24, 2.45) is 0 Å². The summed E-state index contributed by atoms with van der Waals surface area (Å²) >= 11 is 0. The largest absolute Gasteiger partial charge is 0.497 e. The van der Waals surface area contributed by atoms with Gasteiger partial charge in [0, 0.05) is 23.4 Å². The Morgan fingerprint density at radius 2 is 1.59 bits per heavy atom. The lowest BCUT2D eigenvalue weighted by Gasteiger charge is -2.09. The minimum atomic E-state index is -0.599. The first-order chi connectivity index (χ1) is 16.4. The molecule has 8 nitrogen and oxygen atoms in total. The third kappa shape index (κ3) is 6.52. The van der Waals surface area contributed by atoms with Crippen LogP contribution in [0.15, 0.2) is 66.7 Å². The topological polar surface area (TPSA) is 123 Å². The summed E-state index contributed by atoms with van der Waals surface area (Å²) in [5.41, 5.74) is 14.8. The first kappa shape index (κ1) is 24.2. The van der Waals surface area contributed by atoms with Crippen LogP contribution in [0.1, 0.15) is 12.0 Å². The zero-order valence-corrected chi connectivity index (χ0v) is 18.9. The van der Waals surface area contributed by atoms with E-state index in [-0.39, 0.29) is 24.5 Å². The van der Waals surface area contributed by atoms with Crippen LogP contribution in [0, 0.1) is 0 Å². The van der Waals surface area contributed by atoms with Crippen molar-refractivity contribution in [3.63, 3.8) is 0 Å². The summed E-state index contributed by atoms with van der Waals surface area (Å²) in [4.78, 5) is 24.0. The van der Waals surface area contributed by atoms with Crippen molar-refractivity contribution in [2.45, 2.75) is 6.42 Å². The number of rotatable bonds is 9. The second-order valence-electron chi connectivity index (χ2n) is 7.21. The molecule has 0 aliphatic carbocycles. The van der Waals surface area contributed by atoms with Crippen molar-refractivity contribution < 1.29 is 28.5 Å². The van der Waals surface area contributed by atoms with Crippen LogP contribution in [0.5, 0.6) is 17.2 Å². The van der Waals surface area contributed by atoms with E-state index < -0.39 is 11.9 Å². The monoisotopic (exact) mass is 462 g/mol. The van der Waals surface area contributed by atoms with Crippen molar-refractivity contribution in [3.8, 4) is 28.4 Å². The van der Waals surface area contributed by atoms with E-state index in [9.17, 15) is 9.59 Å². The number of hydrogen-bond donors (Lipinski definition) is 2. The third-order valence-corrected chi connectivity index (χ3v) is 4.87. The van der Waals surface area contributed by atoms with Gasteiger partial charge in [0.1, 0.15) is 18.1 Å². The molecule has 34 heavy (non-hydrogen) atoms. The Bertz CT molecular complexity index is 1190. The minimum Gasteiger partial charge on any atom is -0.497 e. The van der Waals surface area contributed by atoms with E-state index in [1.54, 1.807) is 32.4 Å². The Labute approximate surface area is 197 Å². The molecule has 0 bridgehead atoms. The van der Waals surface area contributed by atoms with E-state index >= 15 is 0 Å². The van der Waals surface area contributed by atoms with Gasteiger partial charge in [-0.25, -0.2) is 4.79 Å². The number of esters is 2. The maximum absolute atomic E-state index is 12.1. The quantitative estimate of drug-likeness (QED) is 0.211. The number of nitrogen functional groups attached to an aromatic ring is 2. The molecule has 0 saturated heterocycles. The van der Waals surface area contributed by atoms with Crippen LogP contribution in [0.2, 0.25) is 0 Å². The van der Waals surface area contributed by atoms with E-state index in [2.05, 4.69) is 0 Å². The maximum Gasteiger partial charge on any atom is 0.330 e. The molecule has 4 N–H and O–H groups in total. The first-order valence-electron chi connectivity index (χ1n) is 10.4. The third-order valence-electron chi connectivity index (χ3n) is 4.87. The molecule has 3 aromatic rings. The molecule has 0 atom stereocenters. The molecule has 0 heterocycles. The molecular weight excluding hydrogens is 436 g/mol. The standard InChI is InChI=1S/C26H26N2O6/c1-31-21-9-5-17(6-10-21)19-4-3-18(23(15-19)32-2)7-12-25(29)33-14-13-26(30)34-24-16-20(27)8-11-22(24)28/h3-12,15-16H,13-14,27-28H2,1-2H3/b12-7+. The van der Waals surface area contributed by atoms with Crippen molar-refractivity contribution in [1.82, 2.24) is 0 Å². The zero-order chi connectivity index (χ0) is 24.5. The highest BCUT2D eigenvalue weighted by molar-refractivity contribution is 5.88. The fourth-order valence-corrected chi connectivity index (χ4v) is 3.07. The molecule has 0 aliphatic rings. The predicted octanol–water partition coefficient (Wildman–Crippen LogP) is 4.09. The van der Waals surface area contributed by atoms with Gasteiger partial charge >= 0.3 is 11.9 Å². The lowest BCUT2D eigenvalue weighted by atomic mass is 10.0. The molecular formula is C26H26N2O6. The minimum absolute atomic E-state index is 0.131. The summed E-state index contributed by atoms with van der Waals surface area (Å²) < 4.78 is 20.9. The highest BCUT2D eigenvalue weighted by Gasteiger charge is 2.10. The SMILES string of the molecule is COc1ccc(-c2ccc(/C=C/C(=O)OCCC(=O)Oc3cc(N)ccc3N)c(OC)c2)cc1. The predicted molar refractivity (Wildman–Crippen MR) is 130 cm³/mol. The molecule has 0 radical (unpaired) electrons.